The van der Waals surface area contributed by atoms with Gasteiger partial charge in [-0.15, -0.1) is 0 Å². The van der Waals surface area contributed by atoms with Crippen molar-refractivity contribution in [3.63, 3.8) is 0 Å². The average molecular weight is 288 g/mol. The standard InChI is InChI=1S/C10H14O.C9H14O/c1-7(2)9-5-4-8(3)6-10(9)11;1-2-3-4-5-6-7-8-9-10/h4-7,11H,1-3H3;3-4,7-9H,2,5-6H2,1H3. The summed E-state index contributed by atoms with van der Waals surface area (Å²) in [5.74, 6) is 0.815. The minimum absolute atomic E-state index is 0.399. The van der Waals surface area contributed by atoms with Crippen LogP contribution in [-0.2, 0) is 4.79 Å². The monoisotopic (exact) mass is 288 g/mol. The molecule has 0 atom stereocenters. The fraction of sp³-hybridized carbons (Fsp3) is 0.421. The summed E-state index contributed by atoms with van der Waals surface area (Å²) in [6, 6.07) is 5.81. The number of aldehydes is 1. The van der Waals surface area contributed by atoms with Crippen LogP contribution in [0.2, 0.25) is 0 Å². The number of hydrogen-bond donors (Lipinski definition) is 1. The number of allylic oxidation sites excluding steroid dienone is 4. The van der Waals surface area contributed by atoms with Gasteiger partial charge in [-0.2, -0.15) is 0 Å². The number of carbonyl (C=O) groups excluding carboxylic acids is 1. The Labute approximate surface area is 129 Å². The summed E-state index contributed by atoms with van der Waals surface area (Å²) in [4.78, 5) is 9.79. The third-order valence-electron chi connectivity index (χ3n) is 2.92. The second-order valence-electron chi connectivity index (χ2n) is 5.24. The molecule has 0 fully saturated rings. The molecule has 0 aromatic heterocycles. The third-order valence-corrected chi connectivity index (χ3v) is 2.92. The van der Waals surface area contributed by atoms with Gasteiger partial charge in [-0.25, -0.2) is 0 Å². The molecule has 0 aliphatic rings. The molecule has 1 aromatic carbocycles. The highest BCUT2D eigenvalue weighted by molar-refractivity contribution is 5.64. The summed E-state index contributed by atoms with van der Waals surface area (Å²) in [6.07, 6.45) is 11.6. The van der Waals surface area contributed by atoms with Gasteiger partial charge in [0.05, 0.1) is 0 Å². The van der Waals surface area contributed by atoms with Crippen molar-refractivity contribution in [2.45, 2.75) is 52.9 Å². The van der Waals surface area contributed by atoms with Gasteiger partial charge in [0.2, 0.25) is 0 Å². The lowest BCUT2D eigenvalue weighted by atomic mass is 10.0. The van der Waals surface area contributed by atoms with Gasteiger partial charge >= 0.3 is 0 Å². The van der Waals surface area contributed by atoms with E-state index in [0.717, 1.165) is 36.7 Å². The Morgan fingerprint density at radius 1 is 1.14 bits per heavy atom. The second kappa shape index (κ2) is 12.0. The first-order valence-electron chi connectivity index (χ1n) is 7.57. The van der Waals surface area contributed by atoms with Crippen molar-refractivity contribution in [2.24, 2.45) is 0 Å². The Kier molecular flexibility index (Phi) is 10.9. The van der Waals surface area contributed by atoms with Gasteiger partial charge in [-0.3, -0.25) is 4.79 Å². The zero-order valence-electron chi connectivity index (χ0n) is 13.7. The van der Waals surface area contributed by atoms with Gasteiger partial charge in [-0.05, 0) is 55.4 Å². The number of phenols is 1. The smallest absolute Gasteiger partial charge is 0.142 e. The molecule has 1 aromatic rings. The molecule has 0 aliphatic carbocycles. The third kappa shape index (κ3) is 9.67. The number of aryl methyl sites for hydroxylation is 1. The first-order chi connectivity index (χ1) is 10.0. The fourth-order valence-corrected chi connectivity index (χ4v) is 1.77. The van der Waals surface area contributed by atoms with Gasteiger partial charge in [0.1, 0.15) is 12.0 Å². The van der Waals surface area contributed by atoms with Crippen LogP contribution < -0.4 is 0 Å². The maximum atomic E-state index is 9.79. The van der Waals surface area contributed by atoms with Crippen molar-refractivity contribution in [1.82, 2.24) is 0 Å². The topological polar surface area (TPSA) is 37.3 Å². The highest BCUT2D eigenvalue weighted by atomic mass is 16.3. The number of phenolic OH excluding ortho intramolecular Hbond substituents is 1. The molecule has 2 heteroatoms. The van der Waals surface area contributed by atoms with E-state index < -0.39 is 0 Å². The van der Waals surface area contributed by atoms with E-state index in [-0.39, 0.29) is 0 Å². The van der Waals surface area contributed by atoms with Crippen molar-refractivity contribution in [3.05, 3.63) is 53.6 Å². The van der Waals surface area contributed by atoms with Crippen molar-refractivity contribution in [1.29, 1.82) is 0 Å². The number of unbranched alkanes of at least 4 members (excludes halogenated alkanes) is 1. The predicted octanol–water partition coefficient (Wildman–Crippen LogP) is 5.31. The minimum Gasteiger partial charge on any atom is -0.508 e. The van der Waals surface area contributed by atoms with E-state index in [1.165, 1.54) is 0 Å². The highest BCUT2D eigenvalue weighted by Crippen LogP contribution is 2.25. The van der Waals surface area contributed by atoms with Crippen LogP contribution in [0.1, 0.15) is 57.1 Å². The molecule has 116 valence electrons. The van der Waals surface area contributed by atoms with E-state index in [1.807, 2.05) is 25.1 Å². The van der Waals surface area contributed by atoms with Gasteiger partial charge in [0.15, 0.2) is 0 Å². The fourth-order valence-electron chi connectivity index (χ4n) is 1.77. The normalized spacial score (nSPS) is 10.9. The molecule has 1 N–H and O–H groups in total. The van der Waals surface area contributed by atoms with Crippen LogP contribution in [0.5, 0.6) is 5.75 Å². The Balaban J connectivity index is 0.000000384. The molecular formula is C19H28O2. The lowest BCUT2D eigenvalue weighted by Gasteiger charge is -2.07. The molecule has 0 saturated carbocycles. The second-order valence-corrected chi connectivity index (χ2v) is 5.24. The molecule has 0 spiro atoms. The van der Waals surface area contributed by atoms with E-state index in [9.17, 15) is 9.90 Å². The first-order valence-corrected chi connectivity index (χ1v) is 7.57. The van der Waals surface area contributed by atoms with Gasteiger partial charge in [0, 0.05) is 0 Å². The Bertz CT molecular complexity index is 457. The number of aromatic hydroxyl groups is 1. The molecule has 21 heavy (non-hydrogen) atoms. The van der Waals surface area contributed by atoms with Gasteiger partial charge in [-0.1, -0.05) is 51.1 Å². The van der Waals surface area contributed by atoms with Crippen molar-refractivity contribution in [3.8, 4) is 5.75 Å². The lowest BCUT2D eigenvalue weighted by Crippen LogP contribution is -1.87. The molecular weight excluding hydrogens is 260 g/mol. The van der Waals surface area contributed by atoms with E-state index in [1.54, 1.807) is 12.1 Å². The average Bonchev–Trinajstić information content (AvgIpc) is 2.43. The van der Waals surface area contributed by atoms with Crippen molar-refractivity contribution < 1.29 is 9.90 Å². The molecule has 1 rings (SSSR count). The summed E-state index contributed by atoms with van der Waals surface area (Å²) in [5, 5.41) is 9.46. The molecule has 0 amide bonds. The first kappa shape index (κ1) is 19.2. The lowest BCUT2D eigenvalue weighted by molar-refractivity contribution is -0.104. The molecule has 0 aliphatic heterocycles. The largest absolute Gasteiger partial charge is 0.508 e. The van der Waals surface area contributed by atoms with Crippen LogP contribution in [0.15, 0.2) is 42.5 Å². The zero-order valence-corrected chi connectivity index (χ0v) is 13.7. The number of rotatable bonds is 6. The quantitative estimate of drug-likeness (QED) is 0.333. The van der Waals surface area contributed by atoms with Crippen LogP contribution in [0.3, 0.4) is 0 Å². The summed E-state index contributed by atoms with van der Waals surface area (Å²) >= 11 is 0. The van der Waals surface area contributed by atoms with E-state index in [2.05, 4.69) is 32.9 Å². The van der Waals surface area contributed by atoms with Crippen LogP contribution in [-0.4, -0.2) is 11.4 Å². The Morgan fingerprint density at radius 2 is 1.81 bits per heavy atom. The molecule has 0 unspecified atom stereocenters. The number of benzene rings is 1. The SMILES string of the molecule is CCC=CCCC=CC=O.Cc1ccc(C(C)C)c(O)c1. The van der Waals surface area contributed by atoms with Crippen LogP contribution in [0, 0.1) is 6.92 Å². The Hall–Kier alpha value is -1.83. The Morgan fingerprint density at radius 3 is 2.33 bits per heavy atom. The molecule has 0 radical (unpaired) electrons. The summed E-state index contributed by atoms with van der Waals surface area (Å²) in [7, 11) is 0. The van der Waals surface area contributed by atoms with E-state index in [0.29, 0.717) is 11.7 Å². The highest BCUT2D eigenvalue weighted by Gasteiger charge is 2.03. The van der Waals surface area contributed by atoms with Crippen molar-refractivity contribution >= 4 is 6.29 Å². The predicted molar refractivity (Wildman–Crippen MR) is 90.8 cm³/mol. The number of carbonyl (C=O) groups is 1. The molecule has 0 saturated heterocycles. The summed E-state index contributed by atoms with van der Waals surface area (Å²) in [5.41, 5.74) is 2.13. The molecule has 0 bridgehead atoms. The summed E-state index contributed by atoms with van der Waals surface area (Å²) in [6.45, 7) is 8.23. The van der Waals surface area contributed by atoms with Crippen LogP contribution >= 0.6 is 0 Å². The van der Waals surface area contributed by atoms with E-state index >= 15 is 0 Å². The van der Waals surface area contributed by atoms with Crippen molar-refractivity contribution in [2.75, 3.05) is 0 Å². The number of hydrogen-bond acceptors (Lipinski definition) is 2. The van der Waals surface area contributed by atoms with E-state index in [4.69, 9.17) is 0 Å². The van der Waals surface area contributed by atoms with Gasteiger partial charge in [0.25, 0.3) is 0 Å². The molecule has 0 heterocycles. The summed E-state index contributed by atoms with van der Waals surface area (Å²) < 4.78 is 0. The minimum atomic E-state index is 0.399. The maximum Gasteiger partial charge on any atom is 0.142 e. The van der Waals surface area contributed by atoms with Crippen LogP contribution in [0.25, 0.3) is 0 Å². The van der Waals surface area contributed by atoms with Crippen LogP contribution in [0.4, 0.5) is 0 Å². The van der Waals surface area contributed by atoms with Gasteiger partial charge < -0.3 is 5.11 Å². The maximum absolute atomic E-state index is 9.79. The molecule has 2 nitrogen and oxygen atoms in total. The zero-order chi connectivity index (χ0) is 16.1.